The summed E-state index contributed by atoms with van der Waals surface area (Å²) < 4.78 is 24.1. The minimum absolute atomic E-state index is 0.0514. The molecule has 0 saturated heterocycles. The molecule has 0 radical (unpaired) electrons. The van der Waals surface area contributed by atoms with E-state index >= 15 is 0 Å². The van der Waals surface area contributed by atoms with Gasteiger partial charge in [-0.05, 0) is 31.6 Å². The fourth-order valence-corrected chi connectivity index (χ4v) is 4.78. The highest BCUT2D eigenvalue weighted by Gasteiger charge is 2.27. The summed E-state index contributed by atoms with van der Waals surface area (Å²) in [6.45, 7) is 2.08. The molecule has 0 N–H and O–H groups in total. The van der Waals surface area contributed by atoms with E-state index in [1.54, 1.807) is 0 Å². The molecule has 1 saturated carbocycles. The van der Waals surface area contributed by atoms with Crippen LogP contribution < -0.4 is 0 Å². The normalized spacial score (nSPS) is 20.9. The predicted octanol–water partition coefficient (Wildman–Crippen LogP) is 3.39. The molecule has 0 bridgehead atoms. The summed E-state index contributed by atoms with van der Waals surface area (Å²) in [4.78, 5) is 0. The Labute approximate surface area is 105 Å². The van der Waals surface area contributed by atoms with Crippen LogP contribution in [0.2, 0.25) is 0 Å². The Bertz CT molecular complexity index is 281. The number of hydrogen-bond acceptors (Lipinski definition) is 2. The summed E-state index contributed by atoms with van der Waals surface area (Å²) in [5.41, 5.74) is 0. The van der Waals surface area contributed by atoms with Crippen LogP contribution in [0.4, 0.5) is 0 Å². The van der Waals surface area contributed by atoms with Crippen LogP contribution in [0.25, 0.3) is 0 Å². The molecule has 0 heterocycles. The van der Waals surface area contributed by atoms with Crippen molar-refractivity contribution in [1.29, 1.82) is 0 Å². The van der Waals surface area contributed by atoms with Crippen molar-refractivity contribution in [1.82, 2.24) is 0 Å². The summed E-state index contributed by atoms with van der Waals surface area (Å²) >= 11 is 5.65. The molecule has 4 heteroatoms. The first kappa shape index (κ1) is 14.3. The minimum atomic E-state index is -2.84. The van der Waals surface area contributed by atoms with E-state index in [1.807, 2.05) is 0 Å². The zero-order valence-electron chi connectivity index (χ0n) is 10.1. The van der Waals surface area contributed by atoms with Crippen molar-refractivity contribution in [2.24, 2.45) is 5.92 Å². The quantitative estimate of drug-likeness (QED) is 0.691. The predicted molar refractivity (Wildman–Crippen MR) is 69.8 cm³/mol. The fraction of sp³-hybridized carbons (Fsp3) is 1.00. The maximum absolute atomic E-state index is 12.1. The molecule has 1 unspecified atom stereocenters. The van der Waals surface area contributed by atoms with Gasteiger partial charge in [0.15, 0.2) is 9.84 Å². The Morgan fingerprint density at radius 3 is 2.38 bits per heavy atom. The molecule has 1 fully saturated rings. The molecular formula is C12H23ClO2S. The lowest BCUT2D eigenvalue weighted by atomic mass is 10.0. The van der Waals surface area contributed by atoms with Gasteiger partial charge >= 0.3 is 0 Å². The largest absolute Gasteiger partial charge is 0.229 e. The van der Waals surface area contributed by atoms with Gasteiger partial charge in [0.05, 0.1) is 11.0 Å². The lowest BCUT2D eigenvalue weighted by Crippen LogP contribution is -2.27. The van der Waals surface area contributed by atoms with Gasteiger partial charge in [-0.1, -0.05) is 26.2 Å². The number of alkyl halides is 1. The van der Waals surface area contributed by atoms with Gasteiger partial charge in [-0.15, -0.1) is 11.6 Å². The highest BCUT2D eigenvalue weighted by Crippen LogP contribution is 2.25. The molecule has 0 spiro atoms. The van der Waals surface area contributed by atoms with Crippen molar-refractivity contribution in [2.45, 2.75) is 57.1 Å². The summed E-state index contributed by atoms with van der Waals surface area (Å²) in [6.07, 6.45) is 6.82. The maximum atomic E-state index is 12.1. The van der Waals surface area contributed by atoms with E-state index in [2.05, 4.69) is 6.92 Å². The van der Waals surface area contributed by atoms with Crippen LogP contribution >= 0.6 is 11.6 Å². The summed E-state index contributed by atoms with van der Waals surface area (Å²) in [5, 5.41) is -0.0514. The first-order valence-corrected chi connectivity index (χ1v) is 8.59. The second-order valence-electron chi connectivity index (χ2n) is 5.00. The SMILES string of the molecule is CC(CCCl)CCS(=O)(=O)C1CCCCC1. The number of sulfone groups is 1. The van der Waals surface area contributed by atoms with Crippen LogP contribution in [0.1, 0.15) is 51.9 Å². The number of rotatable bonds is 6. The second kappa shape index (κ2) is 6.85. The standard InChI is InChI=1S/C12H23ClO2S/c1-11(7-9-13)8-10-16(14,15)12-5-3-2-4-6-12/h11-12H,2-10H2,1H3. The van der Waals surface area contributed by atoms with Crippen LogP contribution in [-0.4, -0.2) is 25.3 Å². The van der Waals surface area contributed by atoms with Crippen LogP contribution in [0.3, 0.4) is 0 Å². The molecular weight excluding hydrogens is 244 g/mol. The third-order valence-corrected chi connectivity index (χ3v) is 6.07. The van der Waals surface area contributed by atoms with Crippen molar-refractivity contribution in [3.63, 3.8) is 0 Å². The molecule has 2 nitrogen and oxygen atoms in total. The molecule has 0 aromatic carbocycles. The first-order chi connectivity index (χ1) is 7.56. The van der Waals surface area contributed by atoms with E-state index in [-0.39, 0.29) is 5.25 Å². The summed E-state index contributed by atoms with van der Waals surface area (Å²) in [5.74, 6) is 1.41. The highest BCUT2D eigenvalue weighted by atomic mass is 35.5. The fourth-order valence-electron chi connectivity index (χ4n) is 2.29. The van der Waals surface area contributed by atoms with E-state index < -0.39 is 9.84 Å². The van der Waals surface area contributed by atoms with Crippen molar-refractivity contribution < 1.29 is 8.42 Å². The van der Waals surface area contributed by atoms with Gasteiger partial charge in [0.2, 0.25) is 0 Å². The van der Waals surface area contributed by atoms with Crippen LogP contribution in [-0.2, 0) is 9.84 Å². The van der Waals surface area contributed by atoms with E-state index in [1.165, 1.54) is 6.42 Å². The van der Waals surface area contributed by atoms with Crippen LogP contribution in [0.15, 0.2) is 0 Å². The molecule has 0 amide bonds. The van der Waals surface area contributed by atoms with Gasteiger partial charge in [-0.2, -0.15) is 0 Å². The Kier molecular flexibility index (Phi) is 6.12. The average Bonchev–Trinajstić information content (AvgIpc) is 2.28. The molecule has 0 aromatic heterocycles. The molecule has 1 rings (SSSR count). The monoisotopic (exact) mass is 266 g/mol. The Balaban J connectivity index is 2.38. The lowest BCUT2D eigenvalue weighted by molar-refractivity contribution is 0.476. The Morgan fingerprint density at radius 2 is 1.81 bits per heavy atom. The molecule has 1 atom stereocenters. The molecule has 1 aliphatic carbocycles. The zero-order chi connectivity index (χ0) is 12.0. The molecule has 16 heavy (non-hydrogen) atoms. The topological polar surface area (TPSA) is 34.1 Å². The molecule has 0 aliphatic heterocycles. The summed E-state index contributed by atoms with van der Waals surface area (Å²) in [7, 11) is -2.84. The number of hydrogen-bond donors (Lipinski definition) is 0. The van der Waals surface area contributed by atoms with Crippen molar-refractivity contribution >= 4 is 21.4 Å². The minimum Gasteiger partial charge on any atom is -0.229 e. The van der Waals surface area contributed by atoms with E-state index in [0.29, 0.717) is 17.6 Å². The molecule has 0 aromatic rings. The van der Waals surface area contributed by atoms with Crippen LogP contribution in [0.5, 0.6) is 0 Å². The van der Waals surface area contributed by atoms with Crippen molar-refractivity contribution in [3.05, 3.63) is 0 Å². The highest BCUT2D eigenvalue weighted by molar-refractivity contribution is 7.92. The van der Waals surface area contributed by atoms with Crippen molar-refractivity contribution in [2.75, 3.05) is 11.6 Å². The third kappa shape index (κ3) is 4.62. The van der Waals surface area contributed by atoms with Gasteiger partial charge in [0.1, 0.15) is 0 Å². The summed E-state index contributed by atoms with van der Waals surface area (Å²) in [6, 6.07) is 0. The molecule has 1 aliphatic rings. The van der Waals surface area contributed by atoms with E-state index in [0.717, 1.165) is 38.5 Å². The van der Waals surface area contributed by atoms with Gasteiger partial charge in [0.25, 0.3) is 0 Å². The van der Waals surface area contributed by atoms with Gasteiger partial charge < -0.3 is 0 Å². The van der Waals surface area contributed by atoms with Gasteiger partial charge in [0, 0.05) is 5.88 Å². The second-order valence-corrected chi connectivity index (χ2v) is 7.78. The zero-order valence-corrected chi connectivity index (χ0v) is 11.7. The van der Waals surface area contributed by atoms with E-state index in [4.69, 9.17) is 11.6 Å². The third-order valence-electron chi connectivity index (χ3n) is 3.56. The number of halogens is 1. The lowest BCUT2D eigenvalue weighted by Gasteiger charge is -2.22. The molecule has 96 valence electrons. The first-order valence-electron chi connectivity index (χ1n) is 6.34. The van der Waals surface area contributed by atoms with Gasteiger partial charge in [-0.3, -0.25) is 0 Å². The van der Waals surface area contributed by atoms with Gasteiger partial charge in [-0.25, -0.2) is 8.42 Å². The van der Waals surface area contributed by atoms with Crippen molar-refractivity contribution in [3.8, 4) is 0 Å². The Morgan fingerprint density at radius 1 is 1.19 bits per heavy atom. The average molecular weight is 267 g/mol. The van der Waals surface area contributed by atoms with E-state index in [9.17, 15) is 8.42 Å². The Hall–Kier alpha value is 0.240. The maximum Gasteiger partial charge on any atom is 0.153 e. The van der Waals surface area contributed by atoms with Crippen LogP contribution in [0, 0.1) is 5.92 Å². The smallest absolute Gasteiger partial charge is 0.153 e.